The predicted molar refractivity (Wildman–Crippen MR) is 209 cm³/mol. The lowest BCUT2D eigenvalue weighted by molar-refractivity contribution is -0.273. The molecule has 0 saturated carbocycles. The van der Waals surface area contributed by atoms with Crippen LogP contribution in [0, 0.1) is 0 Å². The number of amides is 1. The molecule has 15 heteroatoms. The molecule has 1 fully saturated rings. The van der Waals surface area contributed by atoms with Crippen molar-refractivity contribution in [2.75, 3.05) is 44.3 Å². The van der Waals surface area contributed by atoms with Crippen molar-refractivity contribution in [1.29, 1.82) is 0 Å². The van der Waals surface area contributed by atoms with Crippen LogP contribution in [0.5, 0.6) is 0 Å². The van der Waals surface area contributed by atoms with Gasteiger partial charge in [0.25, 0.3) is 0 Å². The predicted octanol–water partition coefficient (Wildman–Crippen LogP) is 2.77. The van der Waals surface area contributed by atoms with E-state index in [2.05, 4.69) is 89.2 Å². The number of carbonyl (C=O) groups excluding carboxylic acids is 2. The molecule has 6 rings (SSSR count). The van der Waals surface area contributed by atoms with Crippen LogP contribution < -0.4 is 20.1 Å². The Morgan fingerprint density at radius 3 is 2.46 bits per heavy atom. The molecule has 0 bridgehead atoms. The number of esters is 1. The van der Waals surface area contributed by atoms with Gasteiger partial charge in [0, 0.05) is 54.3 Å². The van der Waals surface area contributed by atoms with Gasteiger partial charge < -0.3 is 44.2 Å². The highest BCUT2D eigenvalue weighted by atomic mass is 16.7. The zero-order valence-electron chi connectivity index (χ0n) is 32.4. The Morgan fingerprint density at radius 2 is 1.75 bits per heavy atom. The number of ether oxygens (including phenoxy) is 3. The van der Waals surface area contributed by atoms with Crippen LogP contribution in [0.2, 0.25) is 0 Å². The first kappa shape index (κ1) is 40.5. The minimum Gasteiger partial charge on any atom is -0.460 e. The number of anilines is 1. The second-order valence-electron chi connectivity index (χ2n) is 13.6. The first-order valence-electron chi connectivity index (χ1n) is 19.1. The number of nitrogens with one attached hydrogen (secondary N) is 1. The molecule has 1 amide bonds. The normalized spacial score (nSPS) is 19.6. The Labute approximate surface area is 325 Å². The largest absolute Gasteiger partial charge is 0.460 e. The summed E-state index contributed by atoms with van der Waals surface area (Å²) in [6.45, 7) is 12.7. The highest BCUT2D eigenvalue weighted by molar-refractivity contribution is 6.08. The van der Waals surface area contributed by atoms with Crippen LogP contribution in [0.3, 0.4) is 0 Å². The first-order valence-corrected chi connectivity index (χ1v) is 19.1. The van der Waals surface area contributed by atoms with E-state index in [0.717, 1.165) is 59.3 Å². The third-order valence-electron chi connectivity index (χ3n) is 10.1. The molecular weight excluding hydrogens is 720 g/mol. The van der Waals surface area contributed by atoms with Crippen LogP contribution in [0.25, 0.3) is 33.4 Å². The highest BCUT2D eigenvalue weighted by Gasteiger charge is 2.45. The maximum atomic E-state index is 13.8. The van der Waals surface area contributed by atoms with Gasteiger partial charge in [-0.3, -0.25) is 4.79 Å². The molecule has 0 spiro atoms. The summed E-state index contributed by atoms with van der Waals surface area (Å²) in [7, 11) is 0. The average molecular weight is 772 g/mol. The van der Waals surface area contributed by atoms with E-state index in [4.69, 9.17) is 18.6 Å². The lowest BCUT2D eigenvalue weighted by Gasteiger charge is -2.42. The van der Waals surface area contributed by atoms with Crippen molar-refractivity contribution in [2.45, 2.75) is 78.4 Å². The molecule has 2 aliphatic heterocycles. The molecule has 2 aromatic carbocycles. The molecule has 1 saturated heterocycles. The van der Waals surface area contributed by atoms with Crippen molar-refractivity contribution >= 4 is 28.5 Å². The molecular formula is C41H51N6O9+. The van der Waals surface area contributed by atoms with Gasteiger partial charge >= 0.3 is 5.97 Å². The smallest absolute Gasteiger partial charge is 0.338 e. The molecule has 56 heavy (non-hydrogen) atoms. The van der Waals surface area contributed by atoms with Crippen LogP contribution in [0.15, 0.2) is 71.3 Å². The van der Waals surface area contributed by atoms with Crippen molar-refractivity contribution in [1.82, 2.24) is 24.9 Å². The zero-order valence-corrected chi connectivity index (χ0v) is 32.4. The van der Waals surface area contributed by atoms with Gasteiger partial charge in [-0.05, 0) is 57.5 Å². The number of fused-ring (bicyclic) bond motifs is 2. The van der Waals surface area contributed by atoms with E-state index in [1.165, 1.54) is 11.6 Å². The lowest BCUT2D eigenvalue weighted by Crippen LogP contribution is -2.64. The average Bonchev–Trinajstić information content (AvgIpc) is 3.66. The van der Waals surface area contributed by atoms with E-state index in [1.807, 2.05) is 18.2 Å². The van der Waals surface area contributed by atoms with Gasteiger partial charge in [0.15, 0.2) is 6.29 Å². The Morgan fingerprint density at radius 1 is 0.982 bits per heavy atom. The fourth-order valence-electron chi connectivity index (χ4n) is 7.21. The number of aliphatic hydroxyl groups excluding tert-OH is 3. The summed E-state index contributed by atoms with van der Waals surface area (Å²) in [6, 6.07) is 18.8. The summed E-state index contributed by atoms with van der Waals surface area (Å²) in [6.07, 6.45) is -3.54. The summed E-state index contributed by atoms with van der Waals surface area (Å²) in [5, 5.41) is 43.0. The van der Waals surface area contributed by atoms with E-state index in [9.17, 15) is 24.9 Å². The number of benzene rings is 3. The molecule has 1 aliphatic carbocycles. The quantitative estimate of drug-likeness (QED) is 0.0695. The monoisotopic (exact) mass is 771 g/mol. The minimum absolute atomic E-state index is 0.00149. The zero-order chi connectivity index (χ0) is 39.9. The maximum Gasteiger partial charge on any atom is 0.338 e. The van der Waals surface area contributed by atoms with E-state index in [0.29, 0.717) is 22.6 Å². The van der Waals surface area contributed by atoms with Crippen molar-refractivity contribution in [3.63, 3.8) is 0 Å². The molecule has 3 aliphatic rings. The molecule has 298 valence electrons. The van der Waals surface area contributed by atoms with Crippen molar-refractivity contribution in [3.05, 3.63) is 83.5 Å². The number of aromatic nitrogens is 3. The summed E-state index contributed by atoms with van der Waals surface area (Å²) in [5.41, 5.74) is 5.04. The Bertz CT molecular complexity index is 2170. The van der Waals surface area contributed by atoms with Crippen LogP contribution in [0.4, 0.5) is 5.69 Å². The van der Waals surface area contributed by atoms with Crippen LogP contribution in [-0.2, 0) is 32.2 Å². The van der Waals surface area contributed by atoms with Crippen LogP contribution >= 0.6 is 0 Å². The number of rotatable bonds is 15. The molecule has 0 unspecified atom stereocenters. The molecule has 3 aromatic rings. The van der Waals surface area contributed by atoms with Gasteiger partial charge in [0.1, 0.15) is 61.1 Å². The van der Waals surface area contributed by atoms with Crippen molar-refractivity contribution < 1.29 is 43.5 Å². The van der Waals surface area contributed by atoms with Gasteiger partial charge in [0.05, 0.1) is 37.6 Å². The van der Waals surface area contributed by atoms with Gasteiger partial charge in [-0.25, -0.2) is 14.1 Å². The third-order valence-corrected chi connectivity index (χ3v) is 10.1. The highest BCUT2D eigenvalue weighted by Crippen LogP contribution is 2.42. The number of carbonyl (C=O) groups is 2. The topological polar surface area (TPSA) is 185 Å². The van der Waals surface area contributed by atoms with E-state index in [-0.39, 0.29) is 19.8 Å². The van der Waals surface area contributed by atoms with Gasteiger partial charge in [0.2, 0.25) is 11.3 Å². The molecule has 3 heterocycles. The summed E-state index contributed by atoms with van der Waals surface area (Å²) < 4.78 is 27.6. The SMILES string of the molecule is CCN(CC)c1ccc2c(-c3ccccc3C(=O)OCCn3cc(CO[C@H]4O[C@H](CO)[C@H](O)[C@H](O)[C@H]4NC(C)=O)nn3)c3ccc(=[N+](CC)CC)cc-3oc2c1. The Kier molecular flexibility index (Phi) is 13.1. The van der Waals surface area contributed by atoms with E-state index >= 15 is 0 Å². The van der Waals surface area contributed by atoms with Crippen molar-refractivity contribution in [3.8, 4) is 22.5 Å². The molecule has 4 N–H and O–H groups in total. The summed E-state index contributed by atoms with van der Waals surface area (Å²) >= 11 is 0. The molecule has 1 aromatic heterocycles. The second kappa shape index (κ2) is 18.2. The van der Waals surface area contributed by atoms with Crippen LogP contribution in [0.1, 0.15) is 50.7 Å². The summed E-state index contributed by atoms with van der Waals surface area (Å²) in [5.74, 6) is -0.243. The number of hydrogen-bond acceptors (Lipinski definition) is 12. The fourth-order valence-corrected chi connectivity index (χ4v) is 7.21. The standard InChI is InChI=1S/C41H50N6O9/c1-6-45(7-2)27-14-16-31-33(20-27)55-34-21-28(46(8-3)9-4)15-17-32(34)36(31)29-12-10-11-13-30(29)40(52)53-19-18-47-22-26(43-44-47)24-54-41-37(42-25(5)49)39(51)38(50)35(23-48)56-41/h10-17,20-22,35,37-39,41,48,50-51H,6-9,18-19,23-24H2,1-5H3/p+1/t35-,37-,38+,39-,41+/m1/s1. The third kappa shape index (κ3) is 8.61. The summed E-state index contributed by atoms with van der Waals surface area (Å²) in [4.78, 5) is 27.8. The lowest BCUT2D eigenvalue weighted by atomic mass is 9.90. The minimum atomic E-state index is -1.43. The Hall–Kier alpha value is -5.19. The van der Waals surface area contributed by atoms with Gasteiger partial charge in [-0.2, -0.15) is 0 Å². The van der Waals surface area contributed by atoms with Gasteiger partial charge in [-0.15, -0.1) is 5.10 Å². The maximum absolute atomic E-state index is 13.8. The van der Waals surface area contributed by atoms with E-state index in [1.54, 1.807) is 12.3 Å². The van der Waals surface area contributed by atoms with Crippen LogP contribution in [-0.4, -0.2) is 112 Å². The number of nitrogens with zero attached hydrogens (tertiary/aromatic N) is 5. The molecule has 15 nitrogen and oxygen atoms in total. The molecule has 0 radical (unpaired) electrons. The first-order chi connectivity index (χ1) is 27.1. The fraction of sp³-hybridized carbons (Fsp3) is 0.439. The van der Waals surface area contributed by atoms with Crippen molar-refractivity contribution in [2.24, 2.45) is 0 Å². The number of aliphatic hydroxyl groups is 3. The van der Waals surface area contributed by atoms with Gasteiger partial charge in [-0.1, -0.05) is 23.4 Å². The number of hydrogen-bond donors (Lipinski definition) is 4. The Balaban J connectivity index is 1.21. The molecule has 5 atom stereocenters. The second-order valence-corrected chi connectivity index (χ2v) is 13.6. The van der Waals surface area contributed by atoms with E-state index < -0.39 is 49.1 Å².